The fraction of sp³-hybridized carbons (Fsp3) is 0.300. The molecule has 2 heterocycles. The lowest BCUT2D eigenvalue weighted by Crippen LogP contribution is -2.13. The molecule has 0 bridgehead atoms. The van der Waals surface area contributed by atoms with E-state index in [0.717, 1.165) is 29.4 Å². The second-order valence-electron chi connectivity index (χ2n) is 6.64. The van der Waals surface area contributed by atoms with Crippen molar-refractivity contribution in [1.29, 1.82) is 0 Å². The van der Waals surface area contributed by atoms with Gasteiger partial charge in [-0.3, -0.25) is 14.3 Å². The summed E-state index contributed by atoms with van der Waals surface area (Å²) in [6.07, 6.45) is 6.11. The van der Waals surface area contributed by atoms with Crippen LogP contribution in [0.5, 0.6) is 5.75 Å². The molecule has 150 valence electrons. The molecule has 0 saturated heterocycles. The summed E-state index contributed by atoms with van der Waals surface area (Å²) < 4.78 is 7.43. The van der Waals surface area contributed by atoms with Crippen LogP contribution in [0, 0.1) is 0 Å². The average Bonchev–Trinajstić information content (AvgIpc) is 3.48. The number of nitrogens with one attached hydrogen (secondary N) is 1. The van der Waals surface area contributed by atoms with Gasteiger partial charge in [-0.1, -0.05) is 23.4 Å². The zero-order chi connectivity index (χ0) is 20.2. The molecule has 4 rings (SSSR count). The Kier molecular flexibility index (Phi) is 6.01. The van der Waals surface area contributed by atoms with Crippen LogP contribution >= 0.6 is 23.4 Å². The van der Waals surface area contributed by atoms with E-state index >= 15 is 0 Å². The molecule has 0 unspecified atom stereocenters. The second-order valence-corrected chi connectivity index (χ2v) is 8.14. The summed E-state index contributed by atoms with van der Waals surface area (Å²) in [6.45, 7) is 0. The van der Waals surface area contributed by atoms with Crippen LogP contribution < -0.4 is 10.1 Å². The van der Waals surface area contributed by atoms with Crippen LogP contribution in [0.25, 0.3) is 11.4 Å². The topological polar surface area (TPSA) is 81.9 Å². The predicted octanol–water partition coefficient (Wildman–Crippen LogP) is 4.46. The highest BCUT2D eigenvalue weighted by Crippen LogP contribution is 2.41. The number of nitrogens with zero attached hydrogens (tertiary/aromatic N) is 4. The summed E-state index contributed by atoms with van der Waals surface area (Å²) in [6, 6.07) is 9.42. The van der Waals surface area contributed by atoms with Gasteiger partial charge in [-0.05, 0) is 43.2 Å². The number of hydrogen-bond acceptors (Lipinski definition) is 6. The highest BCUT2D eigenvalue weighted by Gasteiger charge is 2.30. The minimum absolute atomic E-state index is 0.108. The number of benzene rings is 1. The van der Waals surface area contributed by atoms with E-state index in [1.807, 2.05) is 12.1 Å². The van der Waals surface area contributed by atoms with Gasteiger partial charge in [0.1, 0.15) is 5.75 Å². The van der Waals surface area contributed by atoms with Gasteiger partial charge in [-0.25, -0.2) is 0 Å². The molecule has 9 heteroatoms. The van der Waals surface area contributed by atoms with Gasteiger partial charge in [0.25, 0.3) is 0 Å². The molecule has 1 N–H and O–H groups in total. The Balaban J connectivity index is 1.39. The maximum Gasteiger partial charge on any atom is 0.225 e. The lowest BCUT2D eigenvalue weighted by atomic mass is 10.3. The van der Waals surface area contributed by atoms with Gasteiger partial charge < -0.3 is 10.1 Å². The van der Waals surface area contributed by atoms with Gasteiger partial charge in [0.05, 0.1) is 12.8 Å². The van der Waals surface area contributed by atoms with E-state index in [1.165, 1.54) is 11.8 Å². The first-order valence-electron chi connectivity index (χ1n) is 9.27. The van der Waals surface area contributed by atoms with Crippen LogP contribution in [-0.2, 0) is 4.79 Å². The fourth-order valence-corrected chi connectivity index (χ4v) is 4.07. The third-order valence-electron chi connectivity index (χ3n) is 4.49. The summed E-state index contributed by atoms with van der Waals surface area (Å²) in [7, 11) is 1.55. The molecule has 3 aromatic rings. The van der Waals surface area contributed by atoms with Crippen molar-refractivity contribution in [2.24, 2.45) is 0 Å². The van der Waals surface area contributed by atoms with Gasteiger partial charge >= 0.3 is 0 Å². The molecule has 2 aromatic heterocycles. The lowest BCUT2D eigenvalue weighted by molar-refractivity contribution is -0.115. The first-order chi connectivity index (χ1) is 14.2. The van der Waals surface area contributed by atoms with Crippen molar-refractivity contribution in [3.63, 3.8) is 0 Å². The van der Waals surface area contributed by atoms with Crippen molar-refractivity contribution >= 4 is 35.0 Å². The smallest absolute Gasteiger partial charge is 0.225 e. The van der Waals surface area contributed by atoms with Gasteiger partial charge in [-0.2, -0.15) is 0 Å². The molecule has 0 aliphatic heterocycles. The first-order valence-corrected chi connectivity index (χ1v) is 10.6. The van der Waals surface area contributed by atoms with E-state index in [1.54, 1.807) is 37.7 Å². The van der Waals surface area contributed by atoms with Crippen molar-refractivity contribution in [2.75, 3.05) is 18.2 Å². The van der Waals surface area contributed by atoms with E-state index in [4.69, 9.17) is 16.3 Å². The predicted molar refractivity (Wildman–Crippen MR) is 113 cm³/mol. The third-order valence-corrected chi connectivity index (χ3v) is 5.67. The van der Waals surface area contributed by atoms with Crippen molar-refractivity contribution < 1.29 is 9.53 Å². The Morgan fingerprint density at radius 1 is 1.34 bits per heavy atom. The molecule has 0 radical (unpaired) electrons. The largest absolute Gasteiger partial charge is 0.495 e. The number of ether oxygens (including phenoxy) is 1. The number of amides is 1. The Labute approximate surface area is 177 Å². The molecule has 0 atom stereocenters. The van der Waals surface area contributed by atoms with Gasteiger partial charge in [-0.15, -0.1) is 10.2 Å². The number of aromatic nitrogens is 4. The Hall–Kier alpha value is -2.58. The summed E-state index contributed by atoms with van der Waals surface area (Å²) >= 11 is 7.55. The maximum atomic E-state index is 12.4. The van der Waals surface area contributed by atoms with E-state index in [-0.39, 0.29) is 5.91 Å². The van der Waals surface area contributed by atoms with Crippen molar-refractivity contribution in [1.82, 2.24) is 19.7 Å². The summed E-state index contributed by atoms with van der Waals surface area (Å²) in [5.41, 5.74) is 1.51. The van der Waals surface area contributed by atoms with E-state index in [2.05, 4.69) is 25.1 Å². The number of thioether (sulfide) groups is 1. The molecular weight excluding hydrogens is 410 g/mol. The van der Waals surface area contributed by atoms with E-state index in [0.29, 0.717) is 34.7 Å². The molecule has 29 heavy (non-hydrogen) atoms. The van der Waals surface area contributed by atoms with Crippen LogP contribution in [0.3, 0.4) is 0 Å². The van der Waals surface area contributed by atoms with Gasteiger partial charge in [0.2, 0.25) is 5.91 Å². The second kappa shape index (κ2) is 8.84. The zero-order valence-corrected chi connectivity index (χ0v) is 17.4. The molecule has 7 nitrogen and oxygen atoms in total. The summed E-state index contributed by atoms with van der Waals surface area (Å²) in [5.74, 6) is 1.89. The van der Waals surface area contributed by atoms with E-state index in [9.17, 15) is 4.79 Å². The molecule has 1 aliphatic rings. The quantitative estimate of drug-likeness (QED) is 0.532. The standard InChI is InChI=1S/C20H20ClN5O2S/c1-28-17-7-4-14(21)11-16(17)23-18(27)8-10-29-20-25-24-19(26(20)15-5-6-15)13-3-2-9-22-12-13/h2-4,7,9,11-12,15H,5-6,8,10H2,1H3,(H,23,27). The number of anilines is 1. The fourth-order valence-electron chi connectivity index (χ4n) is 2.95. The van der Waals surface area contributed by atoms with Crippen LogP contribution in [0.1, 0.15) is 25.3 Å². The normalized spacial score (nSPS) is 13.3. The zero-order valence-electron chi connectivity index (χ0n) is 15.8. The van der Waals surface area contributed by atoms with Crippen LogP contribution in [0.15, 0.2) is 47.9 Å². The monoisotopic (exact) mass is 429 g/mol. The van der Waals surface area contributed by atoms with Crippen molar-refractivity contribution in [2.45, 2.75) is 30.5 Å². The molecule has 1 aromatic carbocycles. The molecule has 1 saturated carbocycles. The number of methoxy groups -OCH3 is 1. The van der Waals surface area contributed by atoms with Crippen LogP contribution in [0.4, 0.5) is 5.69 Å². The van der Waals surface area contributed by atoms with Crippen molar-refractivity contribution in [3.8, 4) is 17.1 Å². The number of carbonyl (C=O) groups is 1. The van der Waals surface area contributed by atoms with Crippen LogP contribution in [-0.4, -0.2) is 38.5 Å². The molecule has 1 fully saturated rings. The SMILES string of the molecule is COc1ccc(Cl)cc1NC(=O)CCSc1nnc(-c2cccnc2)n1C1CC1. The number of halogens is 1. The first kappa shape index (κ1) is 19.7. The number of hydrogen-bond donors (Lipinski definition) is 1. The molecular formula is C20H20ClN5O2S. The third kappa shape index (κ3) is 4.71. The molecule has 0 spiro atoms. The number of pyridine rings is 1. The van der Waals surface area contributed by atoms with E-state index < -0.39 is 0 Å². The van der Waals surface area contributed by atoms with Crippen LogP contribution in [0.2, 0.25) is 5.02 Å². The Morgan fingerprint density at radius 2 is 2.21 bits per heavy atom. The minimum Gasteiger partial charge on any atom is -0.495 e. The molecule has 1 amide bonds. The highest BCUT2D eigenvalue weighted by atomic mass is 35.5. The Morgan fingerprint density at radius 3 is 2.93 bits per heavy atom. The van der Waals surface area contributed by atoms with Gasteiger partial charge in [0.15, 0.2) is 11.0 Å². The van der Waals surface area contributed by atoms with Crippen molar-refractivity contribution in [3.05, 3.63) is 47.7 Å². The number of carbonyl (C=O) groups excluding carboxylic acids is 1. The maximum absolute atomic E-state index is 12.4. The average molecular weight is 430 g/mol. The summed E-state index contributed by atoms with van der Waals surface area (Å²) in [4.78, 5) is 16.5. The number of rotatable bonds is 8. The van der Waals surface area contributed by atoms with Gasteiger partial charge in [0, 0.05) is 41.2 Å². The Bertz CT molecular complexity index is 1010. The lowest BCUT2D eigenvalue weighted by Gasteiger charge is -2.11. The molecule has 1 aliphatic carbocycles. The highest BCUT2D eigenvalue weighted by molar-refractivity contribution is 7.99. The summed E-state index contributed by atoms with van der Waals surface area (Å²) in [5, 5.41) is 12.9. The minimum atomic E-state index is -0.108.